The Morgan fingerprint density at radius 3 is 2.64 bits per heavy atom. The van der Waals surface area contributed by atoms with Crippen molar-refractivity contribution in [2.24, 2.45) is 0 Å². The SMILES string of the molecule is COc1ccc(N2CCN(CC(=O)Nc3cccc(F)c3)C2=O)cc1. The third-order valence-corrected chi connectivity index (χ3v) is 3.92. The van der Waals surface area contributed by atoms with Crippen molar-refractivity contribution in [2.75, 3.05) is 37.0 Å². The van der Waals surface area contributed by atoms with Gasteiger partial charge >= 0.3 is 6.03 Å². The Morgan fingerprint density at radius 2 is 1.96 bits per heavy atom. The third kappa shape index (κ3) is 3.88. The summed E-state index contributed by atoms with van der Waals surface area (Å²) < 4.78 is 18.3. The molecule has 2 aromatic rings. The van der Waals surface area contributed by atoms with Gasteiger partial charge in [-0.3, -0.25) is 9.69 Å². The van der Waals surface area contributed by atoms with Crippen LogP contribution in [0.2, 0.25) is 0 Å². The number of rotatable bonds is 5. The summed E-state index contributed by atoms with van der Waals surface area (Å²) in [5, 5.41) is 2.59. The molecule has 1 aliphatic rings. The highest BCUT2D eigenvalue weighted by Gasteiger charge is 2.30. The van der Waals surface area contributed by atoms with Gasteiger partial charge in [0.05, 0.1) is 7.11 Å². The first-order valence-electron chi connectivity index (χ1n) is 7.83. The van der Waals surface area contributed by atoms with Gasteiger partial charge in [-0.1, -0.05) is 6.07 Å². The van der Waals surface area contributed by atoms with Crippen molar-refractivity contribution >= 4 is 23.3 Å². The van der Waals surface area contributed by atoms with Gasteiger partial charge in [-0.05, 0) is 42.5 Å². The molecule has 0 saturated carbocycles. The van der Waals surface area contributed by atoms with E-state index >= 15 is 0 Å². The first kappa shape index (κ1) is 16.8. The number of amides is 3. The smallest absolute Gasteiger partial charge is 0.325 e. The van der Waals surface area contributed by atoms with Gasteiger partial charge in [0.2, 0.25) is 5.91 Å². The fourth-order valence-corrected chi connectivity index (χ4v) is 2.67. The van der Waals surface area contributed by atoms with E-state index in [4.69, 9.17) is 4.74 Å². The van der Waals surface area contributed by atoms with E-state index in [1.165, 1.54) is 23.1 Å². The van der Waals surface area contributed by atoms with E-state index in [9.17, 15) is 14.0 Å². The van der Waals surface area contributed by atoms with Crippen molar-refractivity contribution in [1.82, 2.24) is 4.90 Å². The lowest BCUT2D eigenvalue weighted by atomic mass is 10.3. The van der Waals surface area contributed by atoms with Crippen LogP contribution < -0.4 is 15.0 Å². The van der Waals surface area contributed by atoms with Gasteiger partial charge in [0, 0.05) is 24.5 Å². The minimum absolute atomic E-state index is 0.0813. The zero-order valence-corrected chi connectivity index (χ0v) is 13.7. The van der Waals surface area contributed by atoms with E-state index in [0.717, 1.165) is 5.69 Å². The number of urea groups is 1. The third-order valence-electron chi connectivity index (χ3n) is 3.92. The number of nitrogens with one attached hydrogen (secondary N) is 1. The molecule has 3 amide bonds. The molecule has 0 aromatic heterocycles. The summed E-state index contributed by atoms with van der Waals surface area (Å²) in [5.41, 5.74) is 1.11. The maximum atomic E-state index is 13.1. The molecule has 0 spiro atoms. The van der Waals surface area contributed by atoms with Crippen LogP contribution in [-0.2, 0) is 4.79 Å². The topological polar surface area (TPSA) is 61.9 Å². The molecule has 1 fully saturated rings. The monoisotopic (exact) mass is 343 g/mol. The van der Waals surface area contributed by atoms with Crippen molar-refractivity contribution in [3.05, 3.63) is 54.3 Å². The fourth-order valence-electron chi connectivity index (χ4n) is 2.67. The van der Waals surface area contributed by atoms with E-state index in [-0.39, 0.29) is 18.5 Å². The maximum Gasteiger partial charge on any atom is 0.325 e. The molecule has 0 radical (unpaired) electrons. The summed E-state index contributed by atoms with van der Waals surface area (Å²) >= 11 is 0. The number of benzene rings is 2. The number of anilines is 2. The summed E-state index contributed by atoms with van der Waals surface area (Å²) in [5.74, 6) is -0.0852. The van der Waals surface area contributed by atoms with Crippen LogP contribution >= 0.6 is 0 Å². The van der Waals surface area contributed by atoms with E-state index < -0.39 is 5.82 Å². The Labute approximate surface area is 144 Å². The highest BCUT2D eigenvalue weighted by Crippen LogP contribution is 2.23. The van der Waals surface area contributed by atoms with Crippen molar-refractivity contribution in [3.8, 4) is 5.75 Å². The minimum Gasteiger partial charge on any atom is -0.497 e. The van der Waals surface area contributed by atoms with Crippen molar-refractivity contribution < 1.29 is 18.7 Å². The number of hydrogen-bond acceptors (Lipinski definition) is 3. The van der Waals surface area contributed by atoms with Crippen LogP contribution in [0.1, 0.15) is 0 Å². The van der Waals surface area contributed by atoms with E-state index in [0.29, 0.717) is 24.5 Å². The normalized spacial score (nSPS) is 13.9. The van der Waals surface area contributed by atoms with Gasteiger partial charge in [-0.25, -0.2) is 9.18 Å². The van der Waals surface area contributed by atoms with Crippen molar-refractivity contribution in [2.45, 2.75) is 0 Å². The molecular formula is C18H18FN3O3. The molecular weight excluding hydrogens is 325 g/mol. The van der Waals surface area contributed by atoms with E-state index in [1.54, 1.807) is 42.3 Å². The lowest BCUT2D eigenvalue weighted by Crippen LogP contribution is -2.37. The molecule has 1 saturated heterocycles. The van der Waals surface area contributed by atoms with E-state index in [1.807, 2.05) is 0 Å². The number of nitrogens with zero attached hydrogens (tertiary/aromatic N) is 2. The number of halogens is 1. The van der Waals surface area contributed by atoms with Crippen LogP contribution in [0.4, 0.5) is 20.6 Å². The Balaban J connectivity index is 1.60. The van der Waals surface area contributed by atoms with Crippen LogP contribution in [0.15, 0.2) is 48.5 Å². The molecule has 6 nitrogen and oxygen atoms in total. The molecule has 25 heavy (non-hydrogen) atoms. The second kappa shape index (κ2) is 7.21. The average molecular weight is 343 g/mol. The van der Waals surface area contributed by atoms with Crippen molar-refractivity contribution in [1.29, 1.82) is 0 Å². The number of hydrogen-bond donors (Lipinski definition) is 1. The molecule has 0 bridgehead atoms. The summed E-state index contributed by atoms with van der Waals surface area (Å²) in [7, 11) is 1.58. The molecule has 1 N–H and O–H groups in total. The molecule has 3 rings (SSSR count). The molecule has 2 aromatic carbocycles. The summed E-state index contributed by atoms with van der Waals surface area (Å²) in [6.45, 7) is 0.863. The summed E-state index contributed by atoms with van der Waals surface area (Å²) in [4.78, 5) is 27.6. The molecule has 1 aliphatic heterocycles. The quantitative estimate of drug-likeness (QED) is 0.908. The number of carbonyl (C=O) groups excluding carboxylic acids is 2. The van der Waals surface area contributed by atoms with Gasteiger partial charge in [0.25, 0.3) is 0 Å². The second-order valence-corrected chi connectivity index (χ2v) is 5.61. The van der Waals surface area contributed by atoms with Gasteiger partial charge in [-0.2, -0.15) is 0 Å². The lowest BCUT2D eigenvalue weighted by molar-refractivity contribution is -0.116. The van der Waals surface area contributed by atoms with Crippen LogP contribution in [0.25, 0.3) is 0 Å². The van der Waals surface area contributed by atoms with Crippen molar-refractivity contribution in [3.63, 3.8) is 0 Å². The highest BCUT2D eigenvalue weighted by molar-refractivity contribution is 5.99. The number of ether oxygens (including phenoxy) is 1. The Morgan fingerprint density at radius 1 is 1.20 bits per heavy atom. The zero-order valence-electron chi connectivity index (χ0n) is 13.7. The predicted molar refractivity (Wildman–Crippen MR) is 92.3 cm³/mol. The van der Waals surface area contributed by atoms with Gasteiger partial charge in [0.15, 0.2) is 0 Å². The van der Waals surface area contributed by atoms with Gasteiger partial charge in [0.1, 0.15) is 18.1 Å². The summed E-state index contributed by atoms with van der Waals surface area (Å²) in [6, 6.07) is 12.6. The van der Waals surface area contributed by atoms with Crippen LogP contribution in [0.5, 0.6) is 5.75 Å². The standard InChI is InChI=1S/C18H18FN3O3/c1-25-16-7-5-15(6-8-16)22-10-9-21(18(22)24)12-17(23)20-14-4-2-3-13(19)11-14/h2-8,11H,9-10,12H2,1H3,(H,20,23). The molecule has 0 aliphatic carbocycles. The fraction of sp³-hybridized carbons (Fsp3) is 0.222. The Hall–Kier alpha value is -3.09. The van der Waals surface area contributed by atoms with Crippen LogP contribution in [0.3, 0.4) is 0 Å². The highest BCUT2D eigenvalue weighted by atomic mass is 19.1. The minimum atomic E-state index is -0.430. The van der Waals surface area contributed by atoms with Gasteiger partial charge < -0.3 is 15.0 Å². The molecule has 0 unspecified atom stereocenters. The maximum absolute atomic E-state index is 13.1. The lowest BCUT2D eigenvalue weighted by Gasteiger charge is -2.18. The molecule has 0 atom stereocenters. The zero-order chi connectivity index (χ0) is 17.8. The first-order valence-corrected chi connectivity index (χ1v) is 7.83. The molecule has 1 heterocycles. The molecule has 130 valence electrons. The second-order valence-electron chi connectivity index (χ2n) is 5.61. The average Bonchev–Trinajstić information content (AvgIpc) is 2.95. The van der Waals surface area contributed by atoms with Gasteiger partial charge in [-0.15, -0.1) is 0 Å². The first-order chi connectivity index (χ1) is 12.1. The Bertz CT molecular complexity index is 779. The number of carbonyl (C=O) groups is 2. The van der Waals surface area contributed by atoms with Crippen LogP contribution in [0, 0.1) is 5.82 Å². The molecule has 7 heteroatoms. The van der Waals surface area contributed by atoms with E-state index in [2.05, 4.69) is 5.32 Å². The van der Waals surface area contributed by atoms with Crippen LogP contribution in [-0.4, -0.2) is 43.6 Å². The number of methoxy groups -OCH3 is 1. The Kier molecular flexibility index (Phi) is 4.83. The summed E-state index contributed by atoms with van der Waals surface area (Å²) in [6.07, 6.45) is 0. The predicted octanol–water partition coefficient (Wildman–Crippen LogP) is 2.72. The largest absolute Gasteiger partial charge is 0.497 e.